The van der Waals surface area contributed by atoms with Crippen molar-refractivity contribution in [2.24, 2.45) is 0 Å². The Kier molecular flexibility index (Phi) is 15.0. The van der Waals surface area contributed by atoms with Crippen molar-refractivity contribution in [1.29, 1.82) is 0 Å². The number of carbonyl (C=O) groups is 4. The van der Waals surface area contributed by atoms with Crippen molar-refractivity contribution in [1.82, 2.24) is 40.8 Å². The van der Waals surface area contributed by atoms with E-state index >= 15 is 4.39 Å². The summed E-state index contributed by atoms with van der Waals surface area (Å²) in [4.78, 5) is 68.8. The van der Waals surface area contributed by atoms with Gasteiger partial charge in [-0.25, -0.2) is 23.9 Å². The number of nitrogens with one attached hydrogen (secondary N) is 5. The van der Waals surface area contributed by atoms with Crippen LogP contribution in [0.3, 0.4) is 0 Å². The maximum Gasteiger partial charge on any atom is 0.408 e. The maximum absolute atomic E-state index is 15.5. The van der Waals surface area contributed by atoms with Crippen LogP contribution in [0.5, 0.6) is 0 Å². The number of aromatic amines is 2. The molecule has 0 radical (unpaired) electrons. The molecule has 17 heteroatoms. The van der Waals surface area contributed by atoms with Crippen LogP contribution >= 0.6 is 0 Å². The fourth-order valence-electron chi connectivity index (χ4n) is 8.22. The number of alkyl carbamates (subject to hydrolysis) is 2. The second kappa shape index (κ2) is 21.7. The number of nitrogens with zero attached hydrogens (tertiary/aromatic N) is 3. The minimum absolute atomic E-state index is 0.194. The summed E-state index contributed by atoms with van der Waals surface area (Å²) in [5.74, 6) is 6.51. The number of imidazole rings is 2. The number of unbranched alkanes of at least 4 members (excludes halogenated alkanes) is 1. The number of aryl methyl sites for hydroxylation is 1. The molecule has 3 saturated heterocycles. The Morgan fingerprint density at radius 1 is 0.831 bits per heavy atom. The van der Waals surface area contributed by atoms with Gasteiger partial charge >= 0.3 is 12.2 Å². The van der Waals surface area contributed by atoms with Crippen LogP contribution in [0.25, 0.3) is 22.3 Å². The number of aromatic nitrogens is 4. The number of rotatable bonds is 14. The fourth-order valence-corrected chi connectivity index (χ4v) is 8.22. The monoisotopic (exact) mass is 888 g/mol. The highest BCUT2D eigenvalue weighted by Crippen LogP contribution is 2.32. The molecule has 8 rings (SSSR count). The van der Waals surface area contributed by atoms with Gasteiger partial charge in [-0.2, -0.15) is 0 Å². The van der Waals surface area contributed by atoms with E-state index in [9.17, 15) is 19.2 Å². The van der Waals surface area contributed by atoms with Crippen LogP contribution in [-0.4, -0.2) is 107 Å². The molecule has 2 atom stereocenters. The zero-order valence-corrected chi connectivity index (χ0v) is 36.0. The topological polar surface area (TPSA) is 202 Å². The predicted octanol–water partition coefficient (Wildman–Crippen LogP) is 6.15. The van der Waals surface area contributed by atoms with Crippen LogP contribution in [0.1, 0.15) is 91.8 Å². The van der Waals surface area contributed by atoms with Crippen molar-refractivity contribution in [2.45, 2.75) is 82.1 Å². The molecule has 2 unspecified atom stereocenters. The molecule has 4 amide bonds. The Morgan fingerprint density at radius 3 is 2.28 bits per heavy atom. The van der Waals surface area contributed by atoms with Gasteiger partial charge in [0.25, 0.3) is 0 Å². The minimum atomic E-state index is -0.891. The summed E-state index contributed by atoms with van der Waals surface area (Å²) in [6.07, 6.45) is 5.93. The molecule has 3 aromatic carbocycles. The Balaban J connectivity index is 0.804. The smallest absolute Gasteiger partial charge is 0.408 e. The first-order valence-electron chi connectivity index (χ1n) is 22.3. The lowest BCUT2D eigenvalue weighted by Crippen LogP contribution is -2.42. The quantitative estimate of drug-likeness (QED) is 0.0637. The number of benzene rings is 3. The third-order valence-electron chi connectivity index (χ3n) is 11.7. The van der Waals surface area contributed by atoms with E-state index in [1.807, 2.05) is 36.4 Å². The maximum atomic E-state index is 15.5. The molecule has 2 aromatic heterocycles. The molecule has 16 nitrogen and oxygen atoms in total. The SMILES string of the molecule is O=C(NCC(=O)N1CCCC1c1ncc(-c2ccc(C#Cc3ccc4nc(CCCCNC(=O)C(NC(=O)OC5CCOCC5)c5ccccc5)[nH]c4c3)cc2F)[nH]1)OC1CCOCC1. The molecular weight excluding hydrogens is 836 g/mol. The van der Waals surface area contributed by atoms with E-state index in [1.54, 1.807) is 35.4 Å². The predicted molar refractivity (Wildman–Crippen MR) is 237 cm³/mol. The van der Waals surface area contributed by atoms with Crippen molar-refractivity contribution in [3.63, 3.8) is 0 Å². The summed E-state index contributed by atoms with van der Waals surface area (Å²) in [5, 5.41) is 8.26. The Hall–Kier alpha value is -6.77. The van der Waals surface area contributed by atoms with Crippen LogP contribution in [0.4, 0.5) is 14.0 Å². The standard InChI is InChI=1S/C48H53FN8O8/c49-37-27-31(13-15-36(37)40-29-51-45(55-40)41-9-6-22-57(41)43(58)30-52-47(60)64-34-17-23-62-24-18-34)11-12-32-14-16-38-39(28-32)54-42(53-38)10-4-5-21-50-46(59)44(33-7-2-1-3-8-33)56-48(61)65-35-19-25-63-26-20-35/h1-3,7-8,13-16,27-29,34-35,41,44H,4-6,9-10,17-26,30H2,(H,50,59)(H,51,55)(H,52,60)(H,53,54)(H,56,61). The summed E-state index contributed by atoms with van der Waals surface area (Å²) >= 11 is 0. The Morgan fingerprint density at radius 2 is 1.54 bits per heavy atom. The first-order chi connectivity index (χ1) is 31.8. The summed E-state index contributed by atoms with van der Waals surface area (Å²) in [5.41, 5.74) is 4.33. The van der Waals surface area contributed by atoms with Crippen molar-refractivity contribution in [2.75, 3.05) is 46.1 Å². The number of likely N-dealkylation sites (tertiary alicyclic amines) is 1. The van der Waals surface area contributed by atoms with Crippen LogP contribution in [0, 0.1) is 17.7 Å². The van der Waals surface area contributed by atoms with Gasteiger partial charge < -0.3 is 49.8 Å². The number of ether oxygens (including phenoxy) is 4. The third-order valence-corrected chi connectivity index (χ3v) is 11.7. The van der Waals surface area contributed by atoms with E-state index in [2.05, 4.69) is 42.7 Å². The van der Waals surface area contributed by atoms with Gasteiger partial charge in [-0.15, -0.1) is 0 Å². The van der Waals surface area contributed by atoms with Crippen molar-refractivity contribution in [3.8, 4) is 23.1 Å². The number of carbonyl (C=O) groups excluding carboxylic acids is 4. The molecule has 5 aromatic rings. The van der Waals surface area contributed by atoms with Gasteiger partial charge in [0.15, 0.2) is 0 Å². The number of fused-ring (bicyclic) bond motifs is 1. The Bertz CT molecular complexity index is 2510. The summed E-state index contributed by atoms with van der Waals surface area (Å²) in [6.45, 7) is 2.90. The van der Waals surface area contributed by atoms with Crippen molar-refractivity contribution in [3.05, 3.63) is 107 Å². The number of H-pyrrole nitrogens is 2. The zero-order chi connectivity index (χ0) is 45.0. The highest BCUT2D eigenvalue weighted by atomic mass is 19.1. The first kappa shape index (κ1) is 44.8. The molecule has 5 heterocycles. The summed E-state index contributed by atoms with van der Waals surface area (Å²) in [6, 6.07) is 18.3. The van der Waals surface area contributed by atoms with Gasteiger partial charge in [-0.05, 0) is 67.6 Å². The van der Waals surface area contributed by atoms with Crippen molar-refractivity contribution >= 4 is 35.0 Å². The normalized spacial score (nSPS) is 17.2. The Labute approximate surface area is 375 Å². The molecule has 0 bridgehead atoms. The zero-order valence-electron chi connectivity index (χ0n) is 36.0. The average Bonchev–Trinajstić information content (AvgIpc) is 4.11. The molecule has 340 valence electrons. The summed E-state index contributed by atoms with van der Waals surface area (Å²) in [7, 11) is 0. The van der Waals surface area contributed by atoms with E-state index in [-0.39, 0.29) is 36.6 Å². The number of halogens is 1. The lowest BCUT2D eigenvalue weighted by molar-refractivity contribution is -0.131. The molecule has 3 aliphatic rings. The van der Waals surface area contributed by atoms with Gasteiger partial charge in [0.1, 0.15) is 42.3 Å². The fraction of sp³-hybridized carbons (Fsp3) is 0.417. The molecule has 65 heavy (non-hydrogen) atoms. The average molecular weight is 889 g/mol. The van der Waals surface area contributed by atoms with E-state index in [4.69, 9.17) is 23.9 Å². The van der Waals surface area contributed by atoms with Crippen LogP contribution in [0.2, 0.25) is 0 Å². The van der Waals surface area contributed by atoms with Crippen LogP contribution in [0.15, 0.2) is 72.9 Å². The number of amides is 4. The second-order valence-corrected chi connectivity index (χ2v) is 16.3. The van der Waals surface area contributed by atoms with Gasteiger partial charge in [-0.3, -0.25) is 9.59 Å². The van der Waals surface area contributed by atoms with E-state index in [0.717, 1.165) is 35.3 Å². The molecule has 5 N–H and O–H groups in total. The molecular formula is C48H53FN8O8. The van der Waals surface area contributed by atoms with E-state index in [1.165, 1.54) is 6.07 Å². The molecule has 3 fully saturated rings. The van der Waals surface area contributed by atoms with Crippen LogP contribution in [-0.2, 0) is 35.0 Å². The molecule has 0 aliphatic carbocycles. The highest BCUT2D eigenvalue weighted by molar-refractivity contribution is 5.87. The largest absolute Gasteiger partial charge is 0.446 e. The molecule has 0 spiro atoms. The van der Waals surface area contributed by atoms with Gasteiger partial charge in [-0.1, -0.05) is 42.2 Å². The molecule has 0 saturated carbocycles. The highest BCUT2D eigenvalue weighted by Gasteiger charge is 2.33. The third kappa shape index (κ3) is 12.1. The van der Waals surface area contributed by atoms with E-state index < -0.39 is 24.0 Å². The number of hydrogen-bond acceptors (Lipinski definition) is 10. The van der Waals surface area contributed by atoms with Gasteiger partial charge in [0.2, 0.25) is 11.8 Å². The van der Waals surface area contributed by atoms with Crippen LogP contribution < -0.4 is 16.0 Å². The van der Waals surface area contributed by atoms with Gasteiger partial charge in [0, 0.05) is 61.9 Å². The van der Waals surface area contributed by atoms with Crippen molar-refractivity contribution < 1.29 is 42.5 Å². The molecule has 3 aliphatic heterocycles. The number of hydrogen-bond donors (Lipinski definition) is 5. The lowest BCUT2D eigenvalue weighted by atomic mass is 10.1. The van der Waals surface area contributed by atoms with Gasteiger partial charge in [0.05, 0.1) is 55.4 Å². The first-order valence-corrected chi connectivity index (χ1v) is 22.3. The van der Waals surface area contributed by atoms with E-state index in [0.29, 0.717) is 113 Å². The lowest BCUT2D eigenvalue weighted by Gasteiger charge is -2.24. The second-order valence-electron chi connectivity index (χ2n) is 16.3. The summed E-state index contributed by atoms with van der Waals surface area (Å²) < 4.78 is 37.1. The minimum Gasteiger partial charge on any atom is -0.446 e.